The molecule has 0 N–H and O–H groups in total. The van der Waals surface area contributed by atoms with E-state index in [-0.39, 0.29) is 6.09 Å². The molecule has 1 saturated carbocycles. The molecule has 4 rings (SSSR count). The van der Waals surface area contributed by atoms with Crippen LogP contribution in [0.25, 0.3) is 0 Å². The summed E-state index contributed by atoms with van der Waals surface area (Å²) >= 11 is 0. The van der Waals surface area contributed by atoms with Crippen molar-refractivity contribution in [2.45, 2.75) is 64.0 Å². The molecule has 0 radical (unpaired) electrons. The summed E-state index contributed by atoms with van der Waals surface area (Å²) in [7, 11) is 0. The number of hydrogen-bond donors (Lipinski definition) is 0. The van der Waals surface area contributed by atoms with Crippen molar-refractivity contribution in [3.8, 4) is 0 Å². The smallest absolute Gasteiger partial charge is 0.409 e. The molecule has 25 heavy (non-hydrogen) atoms. The van der Waals surface area contributed by atoms with Crippen LogP contribution in [0.3, 0.4) is 0 Å². The largest absolute Gasteiger partial charge is 0.450 e. The maximum Gasteiger partial charge on any atom is 0.409 e. The highest BCUT2D eigenvalue weighted by Crippen LogP contribution is 2.40. The Balaban J connectivity index is 1.44. The van der Waals surface area contributed by atoms with Crippen LogP contribution in [0.5, 0.6) is 0 Å². The van der Waals surface area contributed by atoms with Gasteiger partial charge in [0.25, 0.3) is 0 Å². The Morgan fingerprint density at radius 1 is 1.08 bits per heavy atom. The third-order valence-corrected chi connectivity index (χ3v) is 5.65. The standard InChI is InChI=1S/C18H29N5O2/c1-2-25-18(24)22-11-7-14(8-12-22)17-20-19-16(23(17)15-5-6-15)13-21-9-3-4-10-21/h14-15H,2-13H2,1H3. The lowest BCUT2D eigenvalue weighted by Crippen LogP contribution is -2.38. The quantitative estimate of drug-likeness (QED) is 0.819. The van der Waals surface area contributed by atoms with Crippen LogP contribution in [0.2, 0.25) is 0 Å². The Bertz CT molecular complexity index is 599. The van der Waals surface area contributed by atoms with E-state index in [1.165, 1.54) is 38.8 Å². The Morgan fingerprint density at radius 3 is 2.44 bits per heavy atom. The molecule has 1 aromatic rings. The van der Waals surface area contributed by atoms with Gasteiger partial charge in [0.2, 0.25) is 0 Å². The predicted molar refractivity (Wildman–Crippen MR) is 93.4 cm³/mol. The van der Waals surface area contributed by atoms with Crippen molar-refractivity contribution in [1.29, 1.82) is 0 Å². The van der Waals surface area contributed by atoms with Crippen LogP contribution in [-0.2, 0) is 11.3 Å². The second-order valence-electron chi connectivity index (χ2n) is 7.52. The molecular weight excluding hydrogens is 318 g/mol. The highest BCUT2D eigenvalue weighted by atomic mass is 16.6. The lowest BCUT2D eigenvalue weighted by molar-refractivity contribution is 0.0963. The van der Waals surface area contributed by atoms with Gasteiger partial charge in [0, 0.05) is 25.0 Å². The maximum atomic E-state index is 11.9. The molecular formula is C18H29N5O2. The fraction of sp³-hybridized carbons (Fsp3) is 0.833. The zero-order valence-corrected chi connectivity index (χ0v) is 15.2. The molecule has 7 nitrogen and oxygen atoms in total. The van der Waals surface area contributed by atoms with Crippen molar-refractivity contribution < 1.29 is 9.53 Å². The normalized spacial score (nSPS) is 22.5. The van der Waals surface area contributed by atoms with Gasteiger partial charge in [0.05, 0.1) is 13.2 Å². The van der Waals surface area contributed by atoms with Crippen LogP contribution in [-0.4, -0.2) is 63.4 Å². The van der Waals surface area contributed by atoms with Crippen molar-refractivity contribution in [2.24, 2.45) is 0 Å². The first kappa shape index (κ1) is 16.8. The number of ether oxygens (including phenoxy) is 1. The topological polar surface area (TPSA) is 63.5 Å². The summed E-state index contributed by atoms with van der Waals surface area (Å²) in [5.74, 6) is 2.71. The van der Waals surface area contributed by atoms with Crippen molar-refractivity contribution in [2.75, 3.05) is 32.8 Å². The second kappa shape index (κ2) is 7.32. The number of rotatable bonds is 5. The van der Waals surface area contributed by atoms with Crippen LogP contribution in [0.4, 0.5) is 4.79 Å². The molecule has 1 amide bonds. The van der Waals surface area contributed by atoms with E-state index in [1.807, 2.05) is 11.8 Å². The van der Waals surface area contributed by atoms with E-state index < -0.39 is 0 Å². The van der Waals surface area contributed by atoms with Gasteiger partial charge in [-0.3, -0.25) is 4.90 Å². The minimum atomic E-state index is -0.181. The minimum Gasteiger partial charge on any atom is -0.450 e. The van der Waals surface area contributed by atoms with Gasteiger partial charge in [0.1, 0.15) is 11.6 Å². The molecule has 3 heterocycles. The molecule has 0 unspecified atom stereocenters. The zero-order valence-electron chi connectivity index (χ0n) is 15.2. The molecule has 7 heteroatoms. The summed E-state index contributed by atoms with van der Waals surface area (Å²) in [6, 6.07) is 0.602. The second-order valence-corrected chi connectivity index (χ2v) is 7.52. The molecule has 0 spiro atoms. The van der Waals surface area contributed by atoms with Crippen molar-refractivity contribution >= 4 is 6.09 Å². The fourth-order valence-electron chi connectivity index (χ4n) is 4.13. The van der Waals surface area contributed by atoms with Crippen molar-refractivity contribution in [3.63, 3.8) is 0 Å². The van der Waals surface area contributed by atoms with Gasteiger partial charge in [-0.05, 0) is 58.5 Å². The lowest BCUT2D eigenvalue weighted by Gasteiger charge is -2.31. The molecule has 0 atom stereocenters. The van der Waals surface area contributed by atoms with Gasteiger partial charge >= 0.3 is 6.09 Å². The Hall–Kier alpha value is -1.63. The SMILES string of the molecule is CCOC(=O)N1CCC(c2nnc(CN3CCCC3)n2C2CC2)CC1. The van der Waals surface area contributed by atoms with Crippen LogP contribution < -0.4 is 0 Å². The predicted octanol–water partition coefficient (Wildman–Crippen LogP) is 2.54. The average Bonchev–Trinajstić information content (AvgIpc) is 3.17. The number of likely N-dealkylation sites (tertiary alicyclic amines) is 2. The van der Waals surface area contributed by atoms with Crippen LogP contribution in [0, 0.1) is 0 Å². The van der Waals surface area contributed by atoms with Gasteiger partial charge < -0.3 is 14.2 Å². The fourth-order valence-corrected chi connectivity index (χ4v) is 4.13. The molecule has 1 aromatic heterocycles. The Morgan fingerprint density at radius 2 is 1.80 bits per heavy atom. The molecule has 138 valence electrons. The zero-order chi connectivity index (χ0) is 17.2. The van der Waals surface area contributed by atoms with Crippen molar-refractivity contribution in [3.05, 3.63) is 11.6 Å². The summed E-state index contributed by atoms with van der Waals surface area (Å²) in [5, 5.41) is 9.17. The molecule has 2 saturated heterocycles. The van der Waals surface area contributed by atoms with E-state index >= 15 is 0 Å². The number of aromatic nitrogens is 3. The van der Waals surface area contributed by atoms with Crippen molar-refractivity contribution in [1.82, 2.24) is 24.6 Å². The number of hydrogen-bond acceptors (Lipinski definition) is 5. The maximum absolute atomic E-state index is 11.9. The average molecular weight is 347 g/mol. The van der Waals surface area contributed by atoms with E-state index in [4.69, 9.17) is 4.74 Å². The summed E-state index contributed by atoms with van der Waals surface area (Å²) in [4.78, 5) is 16.2. The highest BCUT2D eigenvalue weighted by molar-refractivity contribution is 5.67. The number of nitrogens with zero attached hydrogens (tertiary/aromatic N) is 5. The third-order valence-electron chi connectivity index (χ3n) is 5.65. The van der Waals surface area contributed by atoms with E-state index in [2.05, 4.69) is 19.7 Å². The lowest BCUT2D eigenvalue weighted by atomic mass is 9.96. The van der Waals surface area contributed by atoms with E-state index in [1.54, 1.807) is 0 Å². The van der Waals surface area contributed by atoms with Gasteiger partial charge in [-0.25, -0.2) is 4.79 Å². The molecule has 3 fully saturated rings. The Kier molecular flexibility index (Phi) is 4.92. The van der Waals surface area contributed by atoms with Gasteiger partial charge in [-0.2, -0.15) is 0 Å². The number of carbonyl (C=O) groups is 1. The molecule has 2 aliphatic heterocycles. The highest BCUT2D eigenvalue weighted by Gasteiger charge is 2.34. The molecule has 0 aromatic carbocycles. The van der Waals surface area contributed by atoms with Gasteiger partial charge in [0.15, 0.2) is 0 Å². The molecule has 1 aliphatic carbocycles. The molecule has 0 bridgehead atoms. The van der Waals surface area contributed by atoms with Crippen LogP contribution in [0.1, 0.15) is 69.1 Å². The number of amides is 1. The summed E-state index contributed by atoms with van der Waals surface area (Å²) < 4.78 is 7.55. The van der Waals surface area contributed by atoms with E-state index in [9.17, 15) is 4.79 Å². The monoisotopic (exact) mass is 347 g/mol. The van der Waals surface area contributed by atoms with Crippen LogP contribution >= 0.6 is 0 Å². The van der Waals surface area contributed by atoms with Gasteiger partial charge in [-0.1, -0.05) is 0 Å². The summed E-state index contributed by atoms with van der Waals surface area (Å²) in [5.41, 5.74) is 0. The third kappa shape index (κ3) is 3.66. The minimum absolute atomic E-state index is 0.181. The van der Waals surface area contributed by atoms with E-state index in [0.717, 1.165) is 44.1 Å². The summed E-state index contributed by atoms with van der Waals surface area (Å²) in [6.45, 7) is 7.10. The van der Waals surface area contributed by atoms with E-state index in [0.29, 0.717) is 18.6 Å². The first-order chi connectivity index (χ1) is 12.3. The molecule has 3 aliphatic rings. The van der Waals surface area contributed by atoms with Crippen LogP contribution in [0.15, 0.2) is 0 Å². The first-order valence-corrected chi connectivity index (χ1v) is 9.84. The first-order valence-electron chi connectivity index (χ1n) is 9.84. The number of carbonyl (C=O) groups excluding carboxylic acids is 1. The number of piperidine rings is 1. The Labute approximate surface area is 149 Å². The summed E-state index contributed by atoms with van der Waals surface area (Å²) in [6.07, 6.45) is 6.83. The van der Waals surface area contributed by atoms with Gasteiger partial charge in [-0.15, -0.1) is 10.2 Å².